The van der Waals surface area contributed by atoms with Crippen LogP contribution in [0, 0.1) is 0 Å². The number of methoxy groups -OCH3 is 2. The summed E-state index contributed by atoms with van der Waals surface area (Å²) in [6.45, 7) is 1.94. The minimum absolute atomic E-state index is 0.0567. The van der Waals surface area contributed by atoms with Crippen LogP contribution in [0.5, 0.6) is 11.5 Å². The molecule has 2 aromatic rings. The molecule has 0 radical (unpaired) electrons. The van der Waals surface area contributed by atoms with Gasteiger partial charge in [-0.25, -0.2) is 0 Å². The maximum absolute atomic E-state index is 12.6. The van der Waals surface area contributed by atoms with Crippen molar-refractivity contribution < 1.29 is 19.1 Å². The molecule has 2 rings (SSSR count). The van der Waals surface area contributed by atoms with E-state index in [4.69, 9.17) is 21.7 Å². The number of rotatable bonds is 7. The molecule has 2 aromatic carbocycles. The number of benzene rings is 2. The monoisotopic (exact) mass is 401 g/mol. The highest BCUT2D eigenvalue weighted by Crippen LogP contribution is 2.28. The van der Waals surface area contributed by atoms with Crippen LogP contribution in [0.4, 0.5) is 11.4 Å². The minimum Gasteiger partial charge on any atom is -0.496 e. The molecule has 0 aliphatic rings. The third kappa shape index (κ3) is 5.68. The summed E-state index contributed by atoms with van der Waals surface area (Å²) in [5.74, 6) is 0.235. The summed E-state index contributed by atoms with van der Waals surface area (Å²) < 4.78 is 10.5. The third-order valence-electron chi connectivity index (χ3n) is 3.76. The summed E-state index contributed by atoms with van der Waals surface area (Å²) in [5.41, 5.74) is 1.52. The lowest BCUT2D eigenvalue weighted by Crippen LogP contribution is -2.34. The average Bonchev–Trinajstić information content (AvgIpc) is 2.67. The molecular weight excluding hydrogens is 378 g/mol. The van der Waals surface area contributed by atoms with Crippen molar-refractivity contribution in [1.29, 1.82) is 0 Å². The molecule has 28 heavy (non-hydrogen) atoms. The van der Waals surface area contributed by atoms with E-state index in [1.165, 1.54) is 14.2 Å². The van der Waals surface area contributed by atoms with E-state index in [1.54, 1.807) is 42.5 Å². The summed E-state index contributed by atoms with van der Waals surface area (Å²) in [6.07, 6.45) is 1.22. The second-order valence-corrected chi connectivity index (χ2v) is 6.23. The van der Waals surface area contributed by atoms with Crippen LogP contribution in [0.2, 0.25) is 0 Å². The van der Waals surface area contributed by atoms with Crippen LogP contribution in [-0.4, -0.2) is 31.1 Å². The first-order valence-corrected chi connectivity index (χ1v) is 9.12. The standard InChI is InChI=1S/C20H23N3O4S/c1-4-7-17(24)21-13-8-5-9-14(12-13)22-20(28)23-19(25)18-15(26-2)10-6-11-16(18)27-3/h5-6,8-12H,4,7H2,1-3H3,(H,21,24)(H2,22,23,25,28). The fraction of sp³-hybridized carbons (Fsp3) is 0.250. The van der Waals surface area contributed by atoms with Crippen LogP contribution < -0.4 is 25.4 Å². The fourth-order valence-corrected chi connectivity index (χ4v) is 2.74. The molecule has 0 saturated carbocycles. The van der Waals surface area contributed by atoms with Crippen molar-refractivity contribution in [3.05, 3.63) is 48.0 Å². The molecule has 148 valence electrons. The van der Waals surface area contributed by atoms with Gasteiger partial charge in [0, 0.05) is 17.8 Å². The summed E-state index contributed by atoms with van der Waals surface area (Å²) in [6, 6.07) is 12.1. The number of ether oxygens (including phenoxy) is 2. The van der Waals surface area contributed by atoms with Gasteiger partial charge in [-0.05, 0) is 49.0 Å². The number of amides is 2. The zero-order valence-corrected chi connectivity index (χ0v) is 16.8. The molecule has 0 unspecified atom stereocenters. The van der Waals surface area contributed by atoms with Crippen molar-refractivity contribution in [3.63, 3.8) is 0 Å². The van der Waals surface area contributed by atoms with Gasteiger partial charge in [0.2, 0.25) is 5.91 Å². The Bertz CT molecular complexity index is 848. The first-order chi connectivity index (χ1) is 13.5. The second-order valence-electron chi connectivity index (χ2n) is 5.82. The molecule has 3 N–H and O–H groups in total. The Hall–Kier alpha value is -3.13. The molecular formula is C20H23N3O4S. The zero-order valence-electron chi connectivity index (χ0n) is 16.0. The van der Waals surface area contributed by atoms with Crippen molar-refractivity contribution in [2.24, 2.45) is 0 Å². The van der Waals surface area contributed by atoms with Crippen molar-refractivity contribution in [1.82, 2.24) is 5.32 Å². The van der Waals surface area contributed by atoms with Gasteiger partial charge in [-0.15, -0.1) is 0 Å². The van der Waals surface area contributed by atoms with Gasteiger partial charge in [0.1, 0.15) is 17.1 Å². The Balaban J connectivity index is 2.07. The molecule has 0 saturated heterocycles. The van der Waals surface area contributed by atoms with Crippen LogP contribution in [-0.2, 0) is 4.79 Å². The molecule has 0 aliphatic carbocycles. The third-order valence-corrected chi connectivity index (χ3v) is 3.97. The molecule has 0 spiro atoms. The number of hydrogen-bond acceptors (Lipinski definition) is 5. The molecule has 2 amide bonds. The number of nitrogens with one attached hydrogen (secondary N) is 3. The summed E-state index contributed by atoms with van der Waals surface area (Å²) in [5, 5.41) is 8.46. The van der Waals surface area contributed by atoms with Gasteiger partial charge in [0.15, 0.2) is 5.11 Å². The normalized spacial score (nSPS) is 9.96. The fourth-order valence-electron chi connectivity index (χ4n) is 2.53. The van der Waals surface area contributed by atoms with E-state index < -0.39 is 5.91 Å². The number of anilines is 2. The first-order valence-electron chi connectivity index (χ1n) is 8.71. The topological polar surface area (TPSA) is 88.7 Å². The number of carbonyl (C=O) groups is 2. The van der Waals surface area contributed by atoms with Crippen LogP contribution >= 0.6 is 12.2 Å². The predicted octanol–water partition coefficient (Wildman–Crippen LogP) is 3.57. The van der Waals surface area contributed by atoms with Gasteiger partial charge in [-0.3, -0.25) is 14.9 Å². The van der Waals surface area contributed by atoms with Crippen molar-refractivity contribution in [2.75, 3.05) is 24.9 Å². The lowest BCUT2D eigenvalue weighted by atomic mass is 10.1. The Kier molecular flexibility index (Phi) is 7.76. The van der Waals surface area contributed by atoms with E-state index in [2.05, 4.69) is 16.0 Å². The quantitative estimate of drug-likeness (QED) is 0.615. The van der Waals surface area contributed by atoms with Gasteiger partial charge in [0.25, 0.3) is 5.91 Å². The Morgan fingerprint density at radius 2 is 1.54 bits per heavy atom. The van der Waals surface area contributed by atoms with Gasteiger partial charge in [-0.2, -0.15) is 0 Å². The van der Waals surface area contributed by atoms with E-state index in [-0.39, 0.29) is 16.6 Å². The summed E-state index contributed by atoms with van der Waals surface area (Å²) >= 11 is 5.23. The lowest BCUT2D eigenvalue weighted by molar-refractivity contribution is -0.116. The van der Waals surface area contributed by atoms with Crippen LogP contribution in [0.15, 0.2) is 42.5 Å². The van der Waals surface area contributed by atoms with Gasteiger partial charge < -0.3 is 20.1 Å². The molecule has 8 heteroatoms. The smallest absolute Gasteiger partial charge is 0.264 e. The highest BCUT2D eigenvalue weighted by Gasteiger charge is 2.19. The molecule has 0 aromatic heterocycles. The Labute approximate surface area is 169 Å². The van der Waals surface area contributed by atoms with E-state index in [0.29, 0.717) is 29.3 Å². The van der Waals surface area contributed by atoms with Crippen LogP contribution in [0.1, 0.15) is 30.1 Å². The van der Waals surface area contributed by atoms with Crippen molar-refractivity contribution in [3.8, 4) is 11.5 Å². The highest BCUT2D eigenvalue weighted by atomic mass is 32.1. The Morgan fingerprint density at radius 3 is 2.11 bits per heavy atom. The van der Waals surface area contributed by atoms with Crippen LogP contribution in [0.3, 0.4) is 0 Å². The number of thiocarbonyl (C=S) groups is 1. The number of carbonyl (C=O) groups excluding carboxylic acids is 2. The van der Waals surface area contributed by atoms with Gasteiger partial charge >= 0.3 is 0 Å². The molecule has 0 aliphatic heterocycles. The van der Waals surface area contributed by atoms with E-state index in [1.807, 2.05) is 6.92 Å². The molecule has 0 bridgehead atoms. The second kappa shape index (κ2) is 10.3. The Morgan fingerprint density at radius 1 is 0.964 bits per heavy atom. The molecule has 7 nitrogen and oxygen atoms in total. The van der Waals surface area contributed by atoms with E-state index >= 15 is 0 Å². The number of hydrogen-bond donors (Lipinski definition) is 3. The lowest BCUT2D eigenvalue weighted by Gasteiger charge is -2.14. The molecule has 0 fully saturated rings. The van der Waals surface area contributed by atoms with E-state index in [0.717, 1.165) is 6.42 Å². The maximum atomic E-state index is 12.6. The van der Waals surface area contributed by atoms with Crippen molar-refractivity contribution >= 4 is 40.5 Å². The molecule has 0 atom stereocenters. The van der Waals surface area contributed by atoms with Crippen molar-refractivity contribution in [2.45, 2.75) is 19.8 Å². The summed E-state index contributed by atoms with van der Waals surface area (Å²) in [4.78, 5) is 24.4. The average molecular weight is 401 g/mol. The van der Waals surface area contributed by atoms with E-state index in [9.17, 15) is 9.59 Å². The van der Waals surface area contributed by atoms with Gasteiger partial charge in [0.05, 0.1) is 14.2 Å². The summed E-state index contributed by atoms with van der Waals surface area (Å²) in [7, 11) is 2.95. The first kappa shape index (κ1) is 21.2. The molecule has 0 heterocycles. The highest BCUT2D eigenvalue weighted by molar-refractivity contribution is 7.80. The largest absolute Gasteiger partial charge is 0.496 e. The zero-order chi connectivity index (χ0) is 20.5. The SMILES string of the molecule is CCCC(=O)Nc1cccc(NC(=S)NC(=O)c2c(OC)cccc2OC)c1. The minimum atomic E-state index is -0.459. The van der Waals surface area contributed by atoms with Gasteiger partial charge in [-0.1, -0.05) is 19.1 Å². The van der Waals surface area contributed by atoms with Crippen LogP contribution in [0.25, 0.3) is 0 Å². The predicted molar refractivity (Wildman–Crippen MR) is 113 cm³/mol. The maximum Gasteiger partial charge on any atom is 0.264 e.